The molecule has 2 heterocycles. The van der Waals surface area contributed by atoms with Gasteiger partial charge in [0.25, 0.3) is 11.5 Å². The van der Waals surface area contributed by atoms with E-state index in [4.69, 9.17) is 0 Å². The van der Waals surface area contributed by atoms with Crippen molar-refractivity contribution in [3.05, 3.63) is 87.8 Å². The van der Waals surface area contributed by atoms with Crippen molar-refractivity contribution >= 4 is 17.3 Å². The maximum absolute atomic E-state index is 13.4. The minimum atomic E-state index is -0.531. The molecule has 0 aliphatic carbocycles. The summed E-state index contributed by atoms with van der Waals surface area (Å²) in [6.45, 7) is 3.16. The summed E-state index contributed by atoms with van der Waals surface area (Å²) >= 11 is 0. The number of carbonyl (C=O) groups is 1. The first-order chi connectivity index (χ1) is 16.0. The van der Waals surface area contributed by atoms with Gasteiger partial charge < -0.3 is 19.9 Å². The number of benzene rings is 2. The van der Waals surface area contributed by atoms with Crippen LogP contribution in [0.25, 0.3) is 0 Å². The number of aromatic hydroxyl groups is 1. The van der Waals surface area contributed by atoms with Crippen LogP contribution in [0.1, 0.15) is 53.7 Å². The Hall–Kier alpha value is -3.54. The smallest absolute Gasteiger partial charge is 0.264 e. The number of pyridine rings is 1. The molecule has 6 heteroatoms. The molecule has 0 spiro atoms. The van der Waals surface area contributed by atoms with Crippen LogP contribution in [0.4, 0.5) is 11.4 Å². The van der Waals surface area contributed by atoms with Gasteiger partial charge in [0.05, 0.1) is 0 Å². The highest BCUT2D eigenvalue weighted by Crippen LogP contribution is 2.37. The molecule has 6 nitrogen and oxygen atoms in total. The Balaban J connectivity index is 1.70. The van der Waals surface area contributed by atoms with E-state index in [1.807, 2.05) is 60.5 Å². The van der Waals surface area contributed by atoms with Gasteiger partial charge in [-0.3, -0.25) is 9.59 Å². The predicted octanol–water partition coefficient (Wildman–Crippen LogP) is 4.82. The van der Waals surface area contributed by atoms with Gasteiger partial charge in [0, 0.05) is 37.4 Å². The molecular weight excluding hydrogens is 414 g/mol. The highest BCUT2D eigenvalue weighted by molar-refractivity contribution is 5.99. The zero-order valence-corrected chi connectivity index (χ0v) is 19.3. The maximum atomic E-state index is 13.4. The van der Waals surface area contributed by atoms with Crippen LogP contribution >= 0.6 is 0 Å². The Kier molecular flexibility index (Phi) is 6.82. The van der Waals surface area contributed by atoms with Crippen molar-refractivity contribution in [1.29, 1.82) is 0 Å². The Morgan fingerprint density at radius 1 is 1.12 bits per heavy atom. The largest absolute Gasteiger partial charge is 0.505 e. The van der Waals surface area contributed by atoms with Crippen molar-refractivity contribution in [3.63, 3.8) is 0 Å². The molecule has 0 radical (unpaired) electrons. The first kappa shape index (κ1) is 22.6. The maximum Gasteiger partial charge on any atom is 0.264 e. The third-order valence-electron chi connectivity index (χ3n) is 6.46. The van der Waals surface area contributed by atoms with Crippen LogP contribution in [0.15, 0.2) is 65.5 Å². The van der Waals surface area contributed by atoms with Crippen LogP contribution in [0.5, 0.6) is 5.75 Å². The molecule has 0 unspecified atom stereocenters. The summed E-state index contributed by atoms with van der Waals surface area (Å²) in [6.07, 6.45) is 3.26. The number of aromatic amines is 1. The van der Waals surface area contributed by atoms with Gasteiger partial charge in [0.2, 0.25) is 0 Å². The van der Waals surface area contributed by atoms with E-state index in [9.17, 15) is 14.7 Å². The fourth-order valence-corrected chi connectivity index (χ4v) is 4.60. The third kappa shape index (κ3) is 4.65. The quantitative estimate of drug-likeness (QED) is 0.547. The molecule has 1 aliphatic heterocycles. The molecule has 1 fully saturated rings. The number of nitrogens with one attached hydrogen (secondary N) is 1. The molecule has 3 aromatic rings. The van der Waals surface area contributed by atoms with Crippen molar-refractivity contribution in [3.8, 4) is 5.75 Å². The van der Waals surface area contributed by atoms with Crippen molar-refractivity contribution in [1.82, 2.24) is 9.88 Å². The number of amides is 1. The van der Waals surface area contributed by atoms with E-state index in [-0.39, 0.29) is 17.2 Å². The number of carbonyl (C=O) groups excluding carboxylic acids is 1. The van der Waals surface area contributed by atoms with Gasteiger partial charge >= 0.3 is 0 Å². The number of aryl methyl sites for hydroxylation is 1. The molecule has 0 bridgehead atoms. The molecular formula is C27H31N3O3. The van der Waals surface area contributed by atoms with Crippen LogP contribution in [0.3, 0.4) is 0 Å². The van der Waals surface area contributed by atoms with Gasteiger partial charge in [-0.05, 0) is 37.0 Å². The van der Waals surface area contributed by atoms with Gasteiger partial charge in [-0.15, -0.1) is 0 Å². The molecule has 1 atom stereocenters. The lowest BCUT2D eigenvalue weighted by molar-refractivity contribution is 0.0786. The zero-order chi connectivity index (χ0) is 23.4. The van der Waals surface area contributed by atoms with Crippen molar-refractivity contribution < 1.29 is 9.90 Å². The summed E-state index contributed by atoms with van der Waals surface area (Å²) in [5.74, 6) is -0.437. The SMILES string of the molecule is CCCCc1[nH]c(=O)c(C(=O)N2CC[C@H](c3ccccc3)C2)c(O)c1N(C)c1ccccc1. The minimum Gasteiger partial charge on any atom is -0.505 e. The molecule has 4 rings (SSSR count). The monoisotopic (exact) mass is 445 g/mol. The summed E-state index contributed by atoms with van der Waals surface area (Å²) in [5, 5.41) is 11.3. The second-order valence-corrected chi connectivity index (χ2v) is 8.65. The molecule has 1 saturated heterocycles. The number of aromatic nitrogens is 1. The number of nitrogens with zero attached hydrogens (tertiary/aromatic N) is 2. The summed E-state index contributed by atoms with van der Waals surface area (Å²) in [7, 11) is 1.84. The second-order valence-electron chi connectivity index (χ2n) is 8.65. The van der Waals surface area contributed by atoms with Crippen LogP contribution in [-0.4, -0.2) is 41.0 Å². The van der Waals surface area contributed by atoms with Gasteiger partial charge in [-0.2, -0.15) is 0 Å². The molecule has 33 heavy (non-hydrogen) atoms. The lowest BCUT2D eigenvalue weighted by Gasteiger charge is -2.25. The number of rotatable bonds is 7. The van der Waals surface area contributed by atoms with Crippen LogP contribution in [0, 0.1) is 0 Å². The average Bonchev–Trinajstić information content (AvgIpc) is 3.34. The summed E-state index contributed by atoms with van der Waals surface area (Å²) in [5.41, 5.74) is 2.47. The van der Waals surface area contributed by atoms with E-state index in [1.54, 1.807) is 4.90 Å². The lowest BCUT2D eigenvalue weighted by atomic mass is 9.99. The number of para-hydroxylation sites is 1. The van der Waals surface area contributed by atoms with Crippen LogP contribution < -0.4 is 10.5 Å². The normalized spacial score (nSPS) is 15.6. The van der Waals surface area contributed by atoms with E-state index in [0.29, 0.717) is 30.9 Å². The fourth-order valence-electron chi connectivity index (χ4n) is 4.60. The predicted molar refractivity (Wildman–Crippen MR) is 132 cm³/mol. The van der Waals surface area contributed by atoms with E-state index in [1.165, 1.54) is 5.56 Å². The first-order valence-corrected chi connectivity index (χ1v) is 11.6. The number of anilines is 2. The van der Waals surface area contributed by atoms with Crippen LogP contribution in [0.2, 0.25) is 0 Å². The van der Waals surface area contributed by atoms with Crippen LogP contribution in [-0.2, 0) is 6.42 Å². The summed E-state index contributed by atoms with van der Waals surface area (Å²) in [4.78, 5) is 32.9. The number of H-pyrrole nitrogens is 1. The molecule has 2 N–H and O–H groups in total. The molecule has 0 saturated carbocycles. The van der Waals surface area contributed by atoms with Gasteiger partial charge in [0.1, 0.15) is 11.3 Å². The number of likely N-dealkylation sites (tertiary alicyclic amines) is 1. The first-order valence-electron chi connectivity index (χ1n) is 11.6. The molecule has 2 aromatic carbocycles. The van der Waals surface area contributed by atoms with E-state index in [0.717, 1.165) is 24.9 Å². The van der Waals surface area contributed by atoms with E-state index >= 15 is 0 Å². The number of unbranched alkanes of at least 4 members (excludes halogenated alkanes) is 1. The summed E-state index contributed by atoms with van der Waals surface area (Å²) in [6, 6.07) is 19.7. The Morgan fingerprint density at radius 3 is 2.45 bits per heavy atom. The topological polar surface area (TPSA) is 76.6 Å². The summed E-state index contributed by atoms with van der Waals surface area (Å²) < 4.78 is 0. The zero-order valence-electron chi connectivity index (χ0n) is 19.3. The van der Waals surface area contributed by atoms with Gasteiger partial charge in [0.15, 0.2) is 5.75 Å². The molecule has 172 valence electrons. The van der Waals surface area contributed by atoms with Gasteiger partial charge in [-0.25, -0.2) is 0 Å². The van der Waals surface area contributed by atoms with Crippen molar-refractivity contribution in [2.75, 3.05) is 25.0 Å². The third-order valence-corrected chi connectivity index (χ3v) is 6.46. The van der Waals surface area contributed by atoms with Crippen molar-refractivity contribution in [2.24, 2.45) is 0 Å². The second kappa shape index (κ2) is 9.94. The standard InChI is InChI=1S/C27H31N3O3/c1-3-4-15-22-24(29(2)21-13-9-6-10-14-21)25(31)23(26(32)28-22)27(33)30-17-16-20(18-30)19-11-7-5-8-12-19/h5-14,20H,3-4,15-18H2,1-2H3,(H2,28,31,32)/t20-/m0/s1. The Morgan fingerprint density at radius 2 is 1.79 bits per heavy atom. The highest BCUT2D eigenvalue weighted by Gasteiger charge is 2.33. The molecule has 1 aliphatic rings. The van der Waals surface area contributed by atoms with Crippen molar-refractivity contribution in [2.45, 2.75) is 38.5 Å². The minimum absolute atomic E-state index is 0.179. The number of hydrogen-bond acceptors (Lipinski definition) is 4. The molecule has 1 amide bonds. The fraction of sp³-hybridized carbons (Fsp3) is 0.333. The highest BCUT2D eigenvalue weighted by atomic mass is 16.3. The van der Waals surface area contributed by atoms with E-state index in [2.05, 4.69) is 24.0 Å². The van der Waals surface area contributed by atoms with Gasteiger partial charge in [-0.1, -0.05) is 61.9 Å². The van der Waals surface area contributed by atoms with E-state index < -0.39 is 11.5 Å². The average molecular weight is 446 g/mol. The number of hydrogen-bond donors (Lipinski definition) is 2. The Bertz CT molecular complexity index is 1160. The molecule has 1 aromatic heterocycles. The lowest BCUT2D eigenvalue weighted by Crippen LogP contribution is -2.34. The Labute approximate surface area is 194 Å².